The Balaban J connectivity index is 2.47. The Morgan fingerprint density at radius 1 is 1.00 bits per heavy atom. The van der Waals surface area contributed by atoms with Crippen LogP contribution < -0.4 is 9.47 Å². The maximum atomic E-state index is 14.1. The molecule has 0 fully saturated rings. The lowest BCUT2D eigenvalue weighted by molar-refractivity contribution is 0.213. The van der Waals surface area contributed by atoms with Gasteiger partial charge in [0.15, 0.2) is 11.5 Å². The number of halogens is 3. The van der Waals surface area contributed by atoms with Gasteiger partial charge in [-0.25, -0.2) is 8.78 Å². The molecular weight excluding hydrogens is 346 g/mol. The van der Waals surface area contributed by atoms with Crippen LogP contribution >= 0.6 is 15.9 Å². The highest BCUT2D eigenvalue weighted by atomic mass is 79.9. The molecule has 0 spiro atoms. The van der Waals surface area contributed by atoms with Crippen molar-refractivity contribution in [3.8, 4) is 11.5 Å². The lowest BCUT2D eigenvalue weighted by Crippen LogP contribution is -2.05. The van der Waals surface area contributed by atoms with Crippen LogP contribution in [0, 0.1) is 11.6 Å². The number of ether oxygens (including phenoxy) is 2. The number of benzene rings is 2. The third-order valence-corrected chi connectivity index (χ3v) is 3.70. The highest BCUT2D eigenvalue weighted by Gasteiger charge is 2.20. The van der Waals surface area contributed by atoms with E-state index in [1.54, 1.807) is 0 Å². The summed E-state index contributed by atoms with van der Waals surface area (Å²) >= 11 is 3.02. The minimum Gasteiger partial charge on any atom is -0.493 e. The van der Waals surface area contributed by atoms with E-state index in [1.807, 2.05) is 0 Å². The van der Waals surface area contributed by atoms with Crippen molar-refractivity contribution in [2.75, 3.05) is 14.2 Å². The second-order valence-electron chi connectivity index (χ2n) is 4.30. The van der Waals surface area contributed by atoms with Crippen LogP contribution in [-0.2, 0) is 0 Å². The highest BCUT2D eigenvalue weighted by Crippen LogP contribution is 2.35. The van der Waals surface area contributed by atoms with Gasteiger partial charge in [0, 0.05) is 11.6 Å². The monoisotopic (exact) mass is 358 g/mol. The fourth-order valence-electron chi connectivity index (χ4n) is 1.94. The van der Waals surface area contributed by atoms with E-state index in [9.17, 15) is 13.9 Å². The molecule has 21 heavy (non-hydrogen) atoms. The van der Waals surface area contributed by atoms with Crippen molar-refractivity contribution in [3.63, 3.8) is 0 Å². The summed E-state index contributed by atoms with van der Waals surface area (Å²) in [6.45, 7) is 0. The van der Waals surface area contributed by atoms with Gasteiger partial charge in [0.1, 0.15) is 17.7 Å². The zero-order valence-electron chi connectivity index (χ0n) is 11.4. The Hall–Kier alpha value is -1.66. The Bertz CT molecular complexity index is 662. The Kier molecular flexibility index (Phi) is 4.80. The molecule has 2 rings (SSSR count). The molecule has 0 amide bonds. The molecule has 112 valence electrons. The van der Waals surface area contributed by atoms with Crippen molar-refractivity contribution in [2.24, 2.45) is 0 Å². The molecule has 0 heterocycles. The summed E-state index contributed by atoms with van der Waals surface area (Å²) in [4.78, 5) is 0. The first kappa shape index (κ1) is 15.7. The molecule has 0 bridgehead atoms. The van der Waals surface area contributed by atoms with Gasteiger partial charge in [0.2, 0.25) is 0 Å². The predicted octanol–water partition coefficient (Wildman–Crippen LogP) is 3.83. The first-order chi connectivity index (χ1) is 9.97. The fourth-order valence-corrected chi connectivity index (χ4v) is 2.19. The molecule has 0 aliphatic rings. The summed E-state index contributed by atoms with van der Waals surface area (Å²) in [6.07, 6.45) is -1.31. The van der Waals surface area contributed by atoms with E-state index in [4.69, 9.17) is 9.47 Å². The van der Waals surface area contributed by atoms with Gasteiger partial charge >= 0.3 is 0 Å². The van der Waals surface area contributed by atoms with Gasteiger partial charge in [-0.3, -0.25) is 0 Å². The maximum absolute atomic E-state index is 14.1. The Morgan fingerprint density at radius 2 is 1.62 bits per heavy atom. The topological polar surface area (TPSA) is 38.7 Å². The van der Waals surface area contributed by atoms with E-state index in [0.29, 0.717) is 0 Å². The summed E-state index contributed by atoms with van der Waals surface area (Å²) < 4.78 is 37.9. The molecular formula is C15H13BrF2O3. The van der Waals surface area contributed by atoms with Gasteiger partial charge in [-0.15, -0.1) is 0 Å². The quantitative estimate of drug-likeness (QED) is 0.902. The number of methoxy groups -OCH3 is 2. The molecule has 2 aromatic carbocycles. The van der Waals surface area contributed by atoms with Crippen LogP contribution in [0.25, 0.3) is 0 Å². The van der Waals surface area contributed by atoms with E-state index < -0.39 is 17.7 Å². The molecule has 6 heteroatoms. The summed E-state index contributed by atoms with van der Waals surface area (Å²) in [6, 6.07) is 6.55. The Morgan fingerprint density at radius 3 is 2.19 bits per heavy atom. The fraction of sp³-hybridized carbons (Fsp3) is 0.200. The van der Waals surface area contributed by atoms with Crippen molar-refractivity contribution in [1.29, 1.82) is 0 Å². The van der Waals surface area contributed by atoms with Gasteiger partial charge in [0.25, 0.3) is 0 Å². The number of hydrogen-bond donors (Lipinski definition) is 1. The number of hydrogen-bond acceptors (Lipinski definition) is 3. The molecule has 1 atom stereocenters. The molecule has 0 aliphatic heterocycles. The molecule has 0 saturated carbocycles. The lowest BCUT2D eigenvalue weighted by Gasteiger charge is -2.16. The number of rotatable bonds is 4. The molecule has 1 unspecified atom stereocenters. The first-order valence-electron chi connectivity index (χ1n) is 6.02. The zero-order chi connectivity index (χ0) is 15.6. The SMILES string of the molecule is COc1cc(F)c(C(O)c2ccc(Br)c(F)c2)cc1OC. The smallest absolute Gasteiger partial charge is 0.163 e. The maximum Gasteiger partial charge on any atom is 0.163 e. The molecule has 0 radical (unpaired) electrons. The first-order valence-corrected chi connectivity index (χ1v) is 6.81. The minimum absolute atomic E-state index is 0.0191. The lowest BCUT2D eigenvalue weighted by atomic mass is 10.0. The van der Waals surface area contributed by atoms with Crippen LogP contribution in [0.2, 0.25) is 0 Å². The van der Waals surface area contributed by atoms with Crippen molar-refractivity contribution in [2.45, 2.75) is 6.10 Å². The normalized spacial score (nSPS) is 12.1. The van der Waals surface area contributed by atoms with E-state index >= 15 is 0 Å². The highest BCUT2D eigenvalue weighted by molar-refractivity contribution is 9.10. The van der Waals surface area contributed by atoms with E-state index in [2.05, 4.69) is 15.9 Å². The van der Waals surface area contributed by atoms with Gasteiger partial charge in [-0.1, -0.05) is 6.07 Å². The van der Waals surface area contributed by atoms with Crippen LogP contribution in [0.4, 0.5) is 8.78 Å². The second kappa shape index (κ2) is 6.41. The molecule has 2 aromatic rings. The Labute approximate surface area is 129 Å². The van der Waals surface area contributed by atoms with E-state index in [1.165, 1.54) is 32.4 Å². The standard InChI is InChI=1S/C15H13BrF2O3/c1-20-13-6-9(11(17)7-14(13)21-2)15(19)8-3-4-10(16)12(18)5-8/h3-7,15,19H,1-2H3. The van der Waals surface area contributed by atoms with E-state index in [-0.39, 0.29) is 27.1 Å². The van der Waals surface area contributed by atoms with Crippen LogP contribution in [0.15, 0.2) is 34.8 Å². The van der Waals surface area contributed by atoms with Crippen molar-refractivity contribution in [1.82, 2.24) is 0 Å². The van der Waals surface area contributed by atoms with Gasteiger partial charge in [0.05, 0.1) is 18.7 Å². The van der Waals surface area contributed by atoms with Crippen LogP contribution in [0.3, 0.4) is 0 Å². The summed E-state index contributed by atoms with van der Waals surface area (Å²) in [5, 5.41) is 10.3. The second-order valence-corrected chi connectivity index (χ2v) is 5.16. The van der Waals surface area contributed by atoms with Crippen molar-refractivity contribution < 1.29 is 23.4 Å². The van der Waals surface area contributed by atoms with Crippen LogP contribution in [0.1, 0.15) is 17.2 Å². The van der Waals surface area contributed by atoms with Gasteiger partial charge < -0.3 is 14.6 Å². The molecule has 0 aliphatic carbocycles. The summed E-state index contributed by atoms with van der Waals surface area (Å²) in [5.74, 6) is -0.700. The predicted molar refractivity (Wildman–Crippen MR) is 77.7 cm³/mol. The van der Waals surface area contributed by atoms with E-state index in [0.717, 1.165) is 12.1 Å². The third-order valence-electron chi connectivity index (χ3n) is 3.06. The largest absolute Gasteiger partial charge is 0.493 e. The van der Waals surface area contributed by atoms with Crippen LogP contribution in [-0.4, -0.2) is 19.3 Å². The van der Waals surface area contributed by atoms with Crippen molar-refractivity contribution in [3.05, 3.63) is 57.6 Å². The molecule has 0 aromatic heterocycles. The minimum atomic E-state index is -1.31. The third kappa shape index (κ3) is 3.16. The van der Waals surface area contributed by atoms with Crippen molar-refractivity contribution >= 4 is 15.9 Å². The van der Waals surface area contributed by atoms with Gasteiger partial charge in [-0.2, -0.15) is 0 Å². The summed E-state index contributed by atoms with van der Waals surface area (Å²) in [7, 11) is 2.79. The zero-order valence-corrected chi connectivity index (χ0v) is 12.9. The molecule has 1 N–H and O–H groups in total. The average molecular weight is 359 g/mol. The number of aliphatic hydroxyl groups excluding tert-OH is 1. The molecule has 3 nitrogen and oxygen atoms in total. The summed E-state index contributed by atoms with van der Waals surface area (Å²) in [5.41, 5.74) is 0.219. The van der Waals surface area contributed by atoms with Gasteiger partial charge in [-0.05, 0) is 39.7 Å². The molecule has 0 saturated heterocycles. The van der Waals surface area contributed by atoms with Crippen LogP contribution in [0.5, 0.6) is 11.5 Å². The number of aliphatic hydroxyl groups is 1. The average Bonchev–Trinajstić information content (AvgIpc) is 2.49.